The maximum atomic E-state index is 12.7. The van der Waals surface area contributed by atoms with Gasteiger partial charge in [0.05, 0.1) is 11.3 Å². The van der Waals surface area contributed by atoms with E-state index in [0.29, 0.717) is 19.0 Å². The Bertz CT molecular complexity index is 708. The average Bonchev–Trinajstić information content (AvgIpc) is 3.16. The monoisotopic (exact) mass is 344 g/mol. The van der Waals surface area contributed by atoms with Gasteiger partial charge in [0.1, 0.15) is 5.82 Å². The highest BCUT2D eigenvalue weighted by Gasteiger charge is 2.32. The number of likely N-dealkylation sites (tertiary alicyclic amines) is 1. The molecule has 2 aliphatic heterocycles. The van der Waals surface area contributed by atoms with Gasteiger partial charge in [0.15, 0.2) is 0 Å². The van der Waals surface area contributed by atoms with Crippen LogP contribution < -0.4 is 5.56 Å². The number of carbonyl (C=O) groups excluding carboxylic acids is 1. The third-order valence-corrected chi connectivity index (χ3v) is 6.10. The van der Waals surface area contributed by atoms with Crippen LogP contribution in [0.1, 0.15) is 61.5 Å². The van der Waals surface area contributed by atoms with Crippen molar-refractivity contribution in [1.82, 2.24) is 19.8 Å². The summed E-state index contributed by atoms with van der Waals surface area (Å²) >= 11 is 0. The van der Waals surface area contributed by atoms with Crippen molar-refractivity contribution in [2.75, 3.05) is 26.7 Å². The summed E-state index contributed by atoms with van der Waals surface area (Å²) in [6.45, 7) is 3.18. The summed E-state index contributed by atoms with van der Waals surface area (Å²) in [4.78, 5) is 37.2. The number of nitrogens with one attached hydrogen (secondary N) is 1. The molecule has 0 bridgehead atoms. The number of amides is 1. The lowest BCUT2D eigenvalue weighted by molar-refractivity contribution is -0.136. The summed E-state index contributed by atoms with van der Waals surface area (Å²) in [5.74, 6) is 1.50. The van der Waals surface area contributed by atoms with Gasteiger partial charge in [-0.1, -0.05) is 12.8 Å². The van der Waals surface area contributed by atoms with E-state index in [9.17, 15) is 9.59 Å². The molecule has 1 aliphatic carbocycles. The first kappa shape index (κ1) is 16.8. The van der Waals surface area contributed by atoms with E-state index in [1.54, 1.807) is 0 Å². The van der Waals surface area contributed by atoms with Gasteiger partial charge in [0, 0.05) is 44.4 Å². The minimum Gasteiger partial charge on any atom is -0.342 e. The van der Waals surface area contributed by atoms with Crippen LogP contribution >= 0.6 is 0 Å². The summed E-state index contributed by atoms with van der Waals surface area (Å²) in [6, 6.07) is 0. The molecule has 25 heavy (non-hydrogen) atoms. The van der Waals surface area contributed by atoms with Crippen molar-refractivity contribution in [1.29, 1.82) is 0 Å². The van der Waals surface area contributed by atoms with Gasteiger partial charge in [-0.15, -0.1) is 0 Å². The van der Waals surface area contributed by atoms with Crippen molar-refractivity contribution in [3.05, 3.63) is 27.4 Å². The molecule has 1 atom stereocenters. The number of likely N-dealkylation sites (N-methyl/N-ethyl adjacent to an activating group) is 1. The maximum absolute atomic E-state index is 12.7. The zero-order valence-corrected chi connectivity index (χ0v) is 15.1. The molecule has 6 nitrogen and oxygen atoms in total. The fourth-order valence-electron chi connectivity index (χ4n) is 4.60. The van der Waals surface area contributed by atoms with Crippen LogP contribution in [0.15, 0.2) is 4.79 Å². The molecular weight excluding hydrogens is 316 g/mol. The van der Waals surface area contributed by atoms with Crippen molar-refractivity contribution >= 4 is 5.91 Å². The third-order valence-electron chi connectivity index (χ3n) is 6.10. The van der Waals surface area contributed by atoms with Crippen LogP contribution in [-0.2, 0) is 17.8 Å². The Hall–Kier alpha value is -1.69. The Morgan fingerprint density at radius 3 is 2.76 bits per heavy atom. The lowest BCUT2D eigenvalue weighted by atomic mass is 9.94. The van der Waals surface area contributed by atoms with Gasteiger partial charge < -0.3 is 14.8 Å². The summed E-state index contributed by atoms with van der Waals surface area (Å²) in [6.07, 6.45) is 7.27. The molecule has 1 saturated carbocycles. The average molecular weight is 344 g/mol. The van der Waals surface area contributed by atoms with Crippen LogP contribution in [0.2, 0.25) is 0 Å². The van der Waals surface area contributed by atoms with Gasteiger partial charge in [-0.3, -0.25) is 9.59 Å². The van der Waals surface area contributed by atoms with Crippen molar-refractivity contribution in [3.8, 4) is 0 Å². The first-order valence-electron chi connectivity index (χ1n) is 9.71. The first-order chi connectivity index (χ1) is 12.1. The molecule has 3 heterocycles. The number of aromatic nitrogens is 2. The Kier molecular flexibility index (Phi) is 4.63. The minimum absolute atomic E-state index is 0.00536. The number of carbonyl (C=O) groups is 1. The second-order valence-corrected chi connectivity index (χ2v) is 7.97. The summed E-state index contributed by atoms with van der Waals surface area (Å²) in [5, 5.41) is 0. The standard InChI is InChI=1S/C19H28N4O2/c1-22-10-8-16-15(12-22)18(24)21-17(20-16)14-7-4-9-23(11-14)19(25)13-5-2-3-6-13/h13-14H,2-12H2,1H3,(H,20,21,24). The summed E-state index contributed by atoms with van der Waals surface area (Å²) in [7, 11) is 2.03. The van der Waals surface area contributed by atoms with Gasteiger partial charge >= 0.3 is 0 Å². The highest BCUT2D eigenvalue weighted by Crippen LogP contribution is 2.30. The molecule has 3 aliphatic rings. The van der Waals surface area contributed by atoms with E-state index in [-0.39, 0.29) is 17.4 Å². The SMILES string of the molecule is CN1CCc2nc(C3CCCN(C(=O)C4CCCC4)C3)[nH]c(=O)c2C1. The van der Waals surface area contributed by atoms with E-state index in [2.05, 4.69) is 9.88 Å². The maximum Gasteiger partial charge on any atom is 0.255 e. The molecule has 1 aromatic rings. The fraction of sp³-hybridized carbons (Fsp3) is 0.737. The van der Waals surface area contributed by atoms with Crippen LogP contribution in [0.3, 0.4) is 0 Å². The lowest BCUT2D eigenvalue weighted by Crippen LogP contribution is -2.43. The molecule has 1 unspecified atom stereocenters. The van der Waals surface area contributed by atoms with Gasteiger partial charge in [0.25, 0.3) is 5.56 Å². The van der Waals surface area contributed by atoms with Crippen LogP contribution in [0.25, 0.3) is 0 Å². The third kappa shape index (κ3) is 3.36. The minimum atomic E-state index is 0.00536. The Morgan fingerprint density at radius 1 is 1.16 bits per heavy atom. The Labute approximate surface area is 148 Å². The zero-order valence-electron chi connectivity index (χ0n) is 15.1. The number of piperidine rings is 1. The van der Waals surface area contributed by atoms with Crippen molar-refractivity contribution < 1.29 is 4.79 Å². The molecule has 1 N–H and O–H groups in total. The molecule has 2 fully saturated rings. The molecular formula is C19H28N4O2. The second-order valence-electron chi connectivity index (χ2n) is 7.97. The topological polar surface area (TPSA) is 69.3 Å². The van der Waals surface area contributed by atoms with Crippen LogP contribution in [0, 0.1) is 5.92 Å². The molecule has 136 valence electrons. The van der Waals surface area contributed by atoms with E-state index in [1.807, 2.05) is 11.9 Å². The zero-order chi connectivity index (χ0) is 17.4. The molecule has 6 heteroatoms. The van der Waals surface area contributed by atoms with Crippen molar-refractivity contribution in [3.63, 3.8) is 0 Å². The highest BCUT2D eigenvalue weighted by molar-refractivity contribution is 5.79. The fourth-order valence-corrected chi connectivity index (χ4v) is 4.60. The van der Waals surface area contributed by atoms with E-state index >= 15 is 0 Å². The molecule has 1 saturated heterocycles. The number of hydrogen-bond acceptors (Lipinski definition) is 4. The first-order valence-corrected chi connectivity index (χ1v) is 9.71. The smallest absolute Gasteiger partial charge is 0.255 e. The number of nitrogens with zero attached hydrogens (tertiary/aromatic N) is 3. The van der Waals surface area contributed by atoms with Gasteiger partial charge in [-0.25, -0.2) is 4.98 Å². The number of fused-ring (bicyclic) bond motifs is 1. The summed E-state index contributed by atoms with van der Waals surface area (Å²) < 4.78 is 0. The molecule has 4 rings (SSSR count). The summed E-state index contributed by atoms with van der Waals surface area (Å²) in [5.41, 5.74) is 1.77. The molecule has 0 spiro atoms. The number of H-pyrrole nitrogens is 1. The van der Waals surface area contributed by atoms with Gasteiger partial charge in [0.2, 0.25) is 5.91 Å². The number of hydrogen-bond donors (Lipinski definition) is 1. The van der Waals surface area contributed by atoms with E-state index in [4.69, 9.17) is 4.98 Å². The van der Waals surface area contributed by atoms with E-state index in [1.165, 1.54) is 12.8 Å². The Morgan fingerprint density at radius 2 is 1.96 bits per heavy atom. The predicted octanol–water partition coefficient (Wildman–Crippen LogP) is 1.65. The molecule has 0 aromatic carbocycles. The van der Waals surface area contributed by atoms with Gasteiger partial charge in [-0.2, -0.15) is 0 Å². The predicted molar refractivity (Wildman–Crippen MR) is 95.4 cm³/mol. The number of rotatable bonds is 2. The van der Waals surface area contributed by atoms with Gasteiger partial charge in [-0.05, 0) is 32.7 Å². The quantitative estimate of drug-likeness (QED) is 0.886. The largest absolute Gasteiger partial charge is 0.342 e. The molecule has 0 radical (unpaired) electrons. The van der Waals surface area contributed by atoms with Crippen LogP contribution in [0.4, 0.5) is 0 Å². The van der Waals surface area contributed by atoms with Crippen molar-refractivity contribution in [2.45, 2.75) is 57.4 Å². The molecule has 1 aromatic heterocycles. The molecule has 1 amide bonds. The lowest BCUT2D eigenvalue weighted by Gasteiger charge is -2.34. The number of aromatic amines is 1. The van der Waals surface area contributed by atoms with E-state index in [0.717, 1.165) is 62.3 Å². The second kappa shape index (κ2) is 6.90. The van der Waals surface area contributed by atoms with Crippen molar-refractivity contribution in [2.24, 2.45) is 5.92 Å². The van der Waals surface area contributed by atoms with Crippen LogP contribution in [0.5, 0.6) is 0 Å². The van der Waals surface area contributed by atoms with Crippen LogP contribution in [-0.4, -0.2) is 52.4 Å². The highest BCUT2D eigenvalue weighted by atomic mass is 16.2. The normalized spacial score (nSPS) is 25.2. The Balaban J connectivity index is 1.52. The van der Waals surface area contributed by atoms with E-state index < -0.39 is 0 Å².